The molecule has 2 rings (SSSR count). The van der Waals surface area contributed by atoms with Crippen molar-refractivity contribution in [1.29, 1.82) is 0 Å². The summed E-state index contributed by atoms with van der Waals surface area (Å²) in [6, 6.07) is 3.68. The smallest absolute Gasteiger partial charge is 0.164 e. The fourth-order valence-corrected chi connectivity index (χ4v) is 1.60. The van der Waals surface area contributed by atoms with Crippen LogP contribution in [-0.2, 0) is 0 Å². The number of aromatic nitrogens is 3. The second-order valence-corrected chi connectivity index (χ2v) is 4.22. The lowest BCUT2D eigenvalue weighted by Gasteiger charge is -1.97. The van der Waals surface area contributed by atoms with Gasteiger partial charge in [0.1, 0.15) is 12.1 Å². The van der Waals surface area contributed by atoms with E-state index in [1.54, 1.807) is 13.4 Å². The zero-order valence-electron chi connectivity index (χ0n) is 11.6. The summed E-state index contributed by atoms with van der Waals surface area (Å²) in [7, 11) is 1.63. The van der Waals surface area contributed by atoms with E-state index in [1.807, 2.05) is 22.7 Å². The number of nitrogens with zero attached hydrogens (tertiary/aromatic N) is 3. The number of hydrogen-bond donors (Lipinski definition) is 0. The molecule has 100 valence electrons. The van der Waals surface area contributed by atoms with E-state index < -0.39 is 0 Å². The largest absolute Gasteiger partial charge is 0.497 e. The van der Waals surface area contributed by atoms with Crippen LogP contribution in [0.4, 0.5) is 0 Å². The molecule has 0 aromatic carbocycles. The lowest BCUT2D eigenvalue weighted by atomic mass is 10.2. The molecule has 0 atom stereocenters. The Morgan fingerprint density at radius 1 is 1.17 bits per heavy atom. The van der Waals surface area contributed by atoms with E-state index in [2.05, 4.69) is 24.0 Å². The number of fused-ring (bicyclic) bond motifs is 1. The summed E-state index contributed by atoms with van der Waals surface area (Å²) in [6.07, 6.45) is 10.5. The van der Waals surface area contributed by atoms with Crippen LogP contribution in [0.5, 0.6) is 5.75 Å². The molecule has 0 aliphatic rings. The van der Waals surface area contributed by atoms with Crippen LogP contribution in [0.15, 0.2) is 24.7 Å². The molecule has 4 heteroatoms. The first-order valence-corrected chi connectivity index (χ1v) is 6.65. The Kier molecular flexibility index (Phi) is 6.84. The number of rotatable bonds is 5. The molecule has 0 unspecified atom stereocenters. The van der Waals surface area contributed by atoms with E-state index in [9.17, 15) is 0 Å². The second-order valence-electron chi connectivity index (χ2n) is 4.22. The van der Waals surface area contributed by atoms with Crippen molar-refractivity contribution in [3.63, 3.8) is 0 Å². The quantitative estimate of drug-likeness (QED) is 0.758. The van der Waals surface area contributed by atoms with Gasteiger partial charge in [0, 0.05) is 12.3 Å². The van der Waals surface area contributed by atoms with Crippen LogP contribution in [0.3, 0.4) is 0 Å². The molecule has 0 aliphatic heterocycles. The Morgan fingerprint density at radius 2 is 1.89 bits per heavy atom. The maximum atomic E-state index is 5.01. The SMILES string of the molecule is CCCCCCC.COc1ccn2cnnc2c1. The van der Waals surface area contributed by atoms with E-state index in [0.29, 0.717) is 0 Å². The average Bonchev–Trinajstić information content (AvgIpc) is 2.87. The van der Waals surface area contributed by atoms with Crippen molar-refractivity contribution in [2.75, 3.05) is 7.11 Å². The highest BCUT2D eigenvalue weighted by Crippen LogP contribution is 2.10. The van der Waals surface area contributed by atoms with Gasteiger partial charge in [-0.05, 0) is 6.07 Å². The molecule has 0 saturated heterocycles. The zero-order chi connectivity index (χ0) is 13.2. The van der Waals surface area contributed by atoms with E-state index in [-0.39, 0.29) is 0 Å². The van der Waals surface area contributed by atoms with Crippen LogP contribution in [0.2, 0.25) is 0 Å². The Balaban J connectivity index is 0.000000203. The minimum atomic E-state index is 0.796. The lowest BCUT2D eigenvalue weighted by molar-refractivity contribution is 0.414. The van der Waals surface area contributed by atoms with Gasteiger partial charge in [0.2, 0.25) is 0 Å². The van der Waals surface area contributed by atoms with E-state index in [4.69, 9.17) is 4.74 Å². The number of ether oxygens (including phenoxy) is 1. The van der Waals surface area contributed by atoms with Crippen molar-refractivity contribution in [2.24, 2.45) is 0 Å². The predicted molar refractivity (Wildman–Crippen MR) is 74.0 cm³/mol. The molecule has 2 aromatic rings. The summed E-state index contributed by atoms with van der Waals surface area (Å²) < 4.78 is 6.83. The maximum Gasteiger partial charge on any atom is 0.164 e. The minimum Gasteiger partial charge on any atom is -0.497 e. The lowest BCUT2D eigenvalue weighted by Crippen LogP contribution is -1.85. The standard InChI is InChI=1S/C7H7N3O.C7H16/c1-11-6-2-3-10-5-8-9-7(10)4-6;1-3-5-7-6-4-2/h2-5H,1H3;3-7H2,1-2H3. The molecular weight excluding hydrogens is 226 g/mol. The molecule has 0 amide bonds. The van der Waals surface area contributed by atoms with Crippen LogP contribution in [0.1, 0.15) is 46.0 Å². The first-order valence-electron chi connectivity index (χ1n) is 6.65. The third-order valence-electron chi connectivity index (χ3n) is 2.71. The van der Waals surface area contributed by atoms with Crippen LogP contribution >= 0.6 is 0 Å². The Hall–Kier alpha value is -1.58. The summed E-state index contributed by atoms with van der Waals surface area (Å²) in [5, 5.41) is 7.59. The van der Waals surface area contributed by atoms with Gasteiger partial charge in [-0.2, -0.15) is 0 Å². The molecular formula is C14H23N3O. The fourth-order valence-electron chi connectivity index (χ4n) is 1.60. The van der Waals surface area contributed by atoms with Crippen LogP contribution in [-0.4, -0.2) is 21.7 Å². The van der Waals surface area contributed by atoms with Crippen molar-refractivity contribution in [1.82, 2.24) is 14.6 Å². The van der Waals surface area contributed by atoms with Gasteiger partial charge in [-0.25, -0.2) is 0 Å². The van der Waals surface area contributed by atoms with Gasteiger partial charge in [-0.3, -0.25) is 4.40 Å². The Bertz CT molecular complexity index is 435. The van der Waals surface area contributed by atoms with Crippen molar-refractivity contribution in [3.8, 4) is 5.75 Å². The predicted octanol–water partition coefficient (Wildman–Crippen LogP) is 3.71. The van der Waals surface area contributed by atoms with Gasteiger partial charge in [0.05, 0.1) is 7.11 Å². The summed E-state index contributed by atoms with van der Waals surface area (Å²) in [5.74, 6) is 0.797. The number of pyridine rings is 1. The van der Waals surface area contributed by atoms with Crippen LogP contribution < -0.4 is 4.74 Å². The van der Waals surface area contributed by atoms with Crippen molar-refractivity contribution in [2.45, 2.75) is 46.0 Å². The average molecular weight is 249 g/mol. The highest BCUT2D eigenvalue weighted by atomic mass is 16.5. The summed E-state index contributed by atoms with van der Waals surface area (Å²) in [6.45, 7) is 4.49. The minimum absolute atomic E-state index is 0.796. The van der Waals surface area contributed by atoms with Crippen LogP contribution in [0.25, 0.3) is 5.65 Å². The van der Waals surface area contributed by atoms with Gasteiger partial charge in [0.25, 0.3) is 0 Å². The summed E-state index contributed by atoms with van der Waals surface area (Å²) >= 11 is 0. The van der Waals surface area contributed by atoms with E-state index in [0.717, 1.165) is 11.4 Å². The molecule has 0 N–H and O–H groups in total. The first kappa shape index (κ1) is 14.5. The molecule has 0 saturated carbocycles. The Labute approximate surface area is 109 Å². The first-order chi connectivity index (χ1) is 8.81. The van der Waals surface area contributed by atoms with Crippen molar-refractivity contribution < 1.29 is 4.74 Å². The van der Waals surface area contributed by atoms with Gasteiger partial charge in [0.15, 0.2) is 5.65 Å². The Morgan fingerprint density at radius 3 is 2.50 bits per heavy atom. The van der Waals surface area contributed by atoms with E-state index in [1.165, 1.54) is 32.1 Å². The van der Waals surface area contributed by atoms with Gasteiger partial charge in [-0.15, -0.1) is 10.2 Å². The molecule has 0 bridgehead atoms. The van der Waals surface area contributed by atoms with Crippen molar-refractivity contribution in [3.05, 3.63) is 24.7 Å². The highest BCUT2D eigenvalue weighted by Gasteiger charge is 1.95. The molecule has 18 heavy (non-hydrogen) atoms. The van der Waals surface area contributed by atoms with Crippen LogP contribution in [0, 0.1) is 0 Å². The molecule has 0 aliphatic carbocycles. The third kappa shape index (κ3) is 4.73. The van der Waals surface area contributed by atoms with E-state index >= 15 is 0 Å². The maximum absolute atomic E-state index is 5.01. The van der Waals surface area contributed by atoms with Gasteiger partial charge in [-0.1, -0.05) is 46.0 Å². The molecule has 2 aromatic heterocycles. The zero-order valence-corrected chi connectivity index (χ0v) is 11.6. The number of hydrogen-bond acceptors (Lipinski definition) is 3. The topological polar surface area (TPSA) is 39.4 Å². The molecule has 4 nitrogen and oxygen atoms in total. The van der Waals surface area contributed by atoms with Gasteiger partial charge >= 0.3 is 0 Å². The molecule has 0 fully saturated rings. The fraction of sp³-hybridized carbons (Fsp3) is 0.571. The normalized spacial score (nSPS) is 9.94. The molecule has 0 radical (unpaired) electrons. The number of methoxy groups -OCH3 is 1. The second kappa shape index (κ2) is 8.50. The third-order valence-corrected chi connectivity index (χ3v) is 2.71. The van der Waals surface area contributed by atoms with Gasteiger partial charge < -0.3 is 4.74 Å². The molecule has 0 spiro atoms. The monoisotopic (exact) mass is 249 g/mol. The molecule has 2 heterocycles. The highest BCUT2D eigenvalue weighted by molar-refractivity contribution is 5.42. The number of unbranched alkanes of at least 4 members (excludes halogenated alkanes) is 4. The summed E-state index contributed by atoms with van der Waals surface area (Å²) in [4.78, 5) is 0. The van der Waals surface area contributed by atoms with Crippen molar-refractivity contribution >= 4 is 5.65 Å². The summed E-state index contributed by atoms with van der Waals surface area (Å²) in [5.41, 5.74) is 0.796.